The first-order chi connectivity index (χ1) is 8.22. The highest BCUT2D eigenvalue weighted by Gasteiger charge is 2.08. The molecule has 4 nitrogen and oxygen atoms in total. The van der Waals surface area contributed by atoms with E-state index in [9.17, 15) is 4.79 Å². The quantitative estimate of drug-likeness (QED) is 0.860. The highest BCUT2D eigenvalue weighted by molar-refractivity contribution is 6.01. The number of hydrogen-bond donors (Lipinski definition) is 1. The standard InChI is InChI=1S/C13H15N3O/c1-3-16(2)13(17)15-12-6-4-5-10-9-14-8-7-11(10)12/h4-9H,3H2,1-2H3,(H,15,17). The summed E-state index contributed by atoms with van der Waals surface area (Å²) in [6.07, 6.45) is 3.51. The van der Waals surface area contributed by atoms with Gasteiger partial charge in [0.25, 0.3) is 0 Å². The van der Waals surface area contributed by atoms with Gasteiger partial charge in [0.15, 0.2) is 0 Å². The van der Waals surface area contributed by atoms with Gasteiger partial charge in [-0.3, -0.25) is 4.98 Å². The lowest BCUT2D eigenvalue weighted by atomic mass is 10.1. The van der Waals surface area contributed by atoms with Crippen LogP contribution in [0.15, 0.2) is 36.7 Å². The van der Waals surface area contributed by atoms with Crippen molar-refractivity contribution in [2.75, 3.05) is 18.9 Å². The molecule has 0 spiro atoms. The number of aromatic nitrogens is 1. The fraction of sp³-hybridized carbons (Fsp3) is 0.231. The van der Waals surface area contributed by atoms with E-state index in [2.05, 4.69) is 10.3 Å². The zero-order chi connectivity index (χ0) is 12.3. The molecule has 0 aliphatic carbocycles. The van der Waals surface area contributed by atoms with Crippen LogP contribution >= 0.6 is 0 Å². The first-order valence-electron chi connectivity index (χ1n) is 5.57. The molecule has 0 atom stereocenters. The van der Waals surface area contributed by atoms with Crippen molar-refractivity contribution in [1.82, 2.24) is 9.88 Å². The van der Waals surface area contributed by atoms with E-state index in [-0.39, 0.29) is 6.03 Å². The van der Waals surface area contributed by atoms with E-state index in [1.807, 2.05) is 31.2 Å². The van der Waals surface area contributed by atoms with Gasteiger partial charge in [-0.05, 0) is 19.1 Å². The molecule has 0 radical (unpaired) electrons. The molecule has 1 aromatic heterocycles. The molecular weight excluding hydrogens is 214 g/mol. The van der Waals surface area contributed by atoms with E-state index in [4.69, 9.17) is 0 Å². The second-order valence-corrected chi connectivity index (χ2v) is 3.85. The fourth-order valence-corrected chi connectivity index (χ4v) is 1.59. The van der Waals surface area contributed by atoms with E-state index in [1.54, 1.807) is 24.3 Å². The van der Waals surface area contributed by atoms with Crippen LogP contribution in [0.4, 0.5) is 10.5 Å². The van der Waals surface area contributed by atoms with E-state index in [1.165, 1.54) is 0 Å². The van der Waals surface area contributed by atoms with Crippen molar-refractivity contribution in [3.63, 3.8) is 0 Å². The third kappa shape index (κ3) is 2.36. The Bertz CT molecular complexity index is 534. The Morgan fingerprint density at radius 3 is 3.00 bits per heavy atom. The van der Waals surface area contributed by atoms with Crippen molar-refractivity contribution in [2.24, 2.45) is 0 Å². The van der Waals surface area contributed by atoms with Gasteiger partial charge in [0.05, 0.1) is 5.69 Å². The molecule has 1 N–H and O–H groups in total. The lowest BCUT2D eigenvalue weighted by Gasteiger charge is -2.16. The highest BCUT2D eigenvalue weighted by Crippen LogP contribution is 2.22. The first-order valence-corrected chi connectivity index (χ1v) is 5.57. The van der Waals surface area contributed by atoms with Crippen molar-refractivity contribution < 1.29 is 4.79 Å². The molecule has 0 aliphatic rings. The summed E-state index contributed by atoms with van der Waals surface area (Å²) in [4.78, 5) is 17.5. The number of carbonyl (C=O) groups excluding carboxylic acids is 1. The lowest BCUT2D eigenvalue weighted by Crippen LogP contribution is -2.30. The topological polar surface area (TPSA) is 45.2 Å². The van der Waals surface area contributed by atoms with Crippen LogP contribution in [0.2, 0.25) is 0 Å². The highest BCUT2D eigenvalue weighted by atomic mass is 16.2. The Kier molecular flexibility index (Phi) is 3.23. The second-order valence-electron chi connectivity index (χ2n) is 3.85. The number of rotatable bonds is 2. The molecule has 1 heterocycles. The largest absolute Gasteiger partial charge is 0.328 e. The Morgan fingerprint density at radius 1 is 1.41 bits per heavy atom. The predicted molar refractivity (Wildman–Crippen MR) is 69.1 cm³/mol. The van der Waals surface area contributed by atoms with E-state index < -0.39 is 0 Å². The minimum Gasteiger partial charge on any atom is -0.328 e. The third-order valence-corrected chi connectivity index (χ3v) is 2.74. The van der Waals surface area contributed by atoms with E-state index in [0.29, 0.717) is 6.54 Å². The smallest absolute Gasteiger partial charge is 0.321 e. The van der Waals surface area contributed by atoms with Crippen LogP contribution in [-0.4, -0.2) is 29.5 Å². The SMILES string of the molecule is CCN(C)C(=O)Nc1cccc2cnccc12. The van der Waals surface area contributed by atoms with Crippen LogP contribution in [-0.2, 0) is 0 Å². The summed E-state index contributed by atoms with van der Waals surface area (Å²) in [6, 6.07) is 7.57. The summed E-state index contributed by atoms with van der Waals surface area (Å²) >= 11 is 0. The van der Waals surface area contributed by atoms with Gasteiger partial charge in [-0.15, -0.1) is 0 Å². The minimum atomic E-state index is -0.100. The Balaban J connectivity index is 2.33. The van der Waals surface area contributed by atoms with Gasteiger partial charge >= 0.3 is 6.03 Å². The fourth-order valence-electron chi connectivity index (χ4n) is 1.59. The van der Waals surface area contributed by atoms with Gasteiger partial charge in [-0.1, -0.05) is 12.1 Å². The maximum atomic E-state index is 11.8. The summed E-state index contributed by atoms with van der Waals surface area (Å²) in [5.41, 5.74) is 0.815. The van der Waals surface area contributed by atoms with Crippen molar-refractivity contribution >= 4 is 22.5 Å². The third-order valence-electron chi connectivity index (χ3n) is 2.74. The number of nitrogens with one attached hydrogen (secondary N) is 1. The molecule has 2 rings (SSSR count). The molecule has 0 aliphatic heterocycles. The average molecular weight is 229 g/mol. The molecule has 1 aromatic carbocycles. The molecule has 0 saturated carbocycles. The molecular formula is C13H15N3O. The zero-order valence-corrected chi connectivity index (χ0v) is 9.97. The first kappa shape index (κ1) is 11.4. The van der Waals surface area contributed by atoms with Crippen LogP contribution in [0.1, 0.15) is 6.92 Å². The van der Waals surface area contributed by atoms with Gasteiger partial charge in [0.2, 0.25) is 0 Å². The van der Waals surface area contributed by atoms with E-state index >= 15 is 0 Å². The molecule has 2 aromatic rings. The van der Waals surface area contributed by atoms with Gasteiger partial charge in [-0.2, -0.15) is 0 Å². The summed E-state index contributed by atoms with van der Waals surface area (Å²) in [5.74, 6) is 0. The number of hydrogen-bond acceptors (Lipinski definition) is 2. The monoisotopic (exact) mass is 229 g/mol. The van der Waals surface area contributed by atoms with Gasteiger partial charge in [0, 0.05) is 36.8 Å². The molecule has 4 heteroatoms. The van der Waals surface area contributed by atoms with Gasteiger partial charge in [-0.25, -0.2) is 4.79 Å². The lowest BCUT2D eigenvalue weighted by molar-refractivity contribution is 0.224. The Hall–Kier alpha value is -2.10. The molecule has 88 valence electrons. The van der Waals surface area contributed by atoms with Crippen molar-refractivity contribution in [1.29, 1.82) is 0 Å². The molecule has 17 heavy (non-hydrogen) atoms. The summed E-state index contributed by atoms with van der Waals surface area (Å²) < 4.78 is 0. The van der Waals surface area contributed by atoms with Crippen LogP contribution in [0.25, 0.3) is 10.8 Å². The molecule has 0 bridgehead atoms. The van der Waals surface area contributed by atoms with Crippen molar-refractivity contribution in [2.45, 2.75) is 6.92 Å². The van der Waals surface area contributed by atoms with Crippen LogP contribution in [0, 0.1) is 0 Å². The summed E-state index contributed by atoms with van der Waals surface area (Å²) in [7, 11) is 1.77. The maximum absolute atomic E-state index is 11.8. The number of fused-ring (bicyclic) bond motifs is 1. The Morgan fingerprint density at radius 2 is 2.24 bits per heavy atom. The summed E-state index contributed by atoms with van der Waals surface area (Å²) in [5, 5.41) is 4.91. The van der Waals surface area contributed by atoms with Crippen LogP contribution in [0.5, 0.6) is 0 Å². The molecule has 2 amide bonds. The van der Waals surface area contributed by atoms with Crippen molar-refractivity contribution in [3.8, 4) is 0 Å². The van der Waals surface area contributed by atoms with Crippen LogP contribution in [0.3, 0.4) is 0 Å². The molecule has 0 saturated heterocycles. The van der Waals surface area contributed by atoms with Gasteiger partial charge < -0.3 is 10.2 Å². The zero-order valence-electron chi connectivity index (χ0n) is 9.97. The van der Waals surface area contributed by atoms with Crippen LogP contribution < -0.4 is 5.32 Å². The molecule has 0 unspecified atom stereocenters. The maximum Gasteiger partial charge on any atom is 0.321 e. The minimum absolute atomic E-state index is 0.100. The summed E-state index contributed by atoms with van der Waals surface area (Å²) in [6.45, 7) is 2.62. The Labute approximate surface area is 100 Å². The number of amides is 2. The second kappa shape index (κ2) is 4.82. The number of urea groups is 1. The number of carbonyl (C=O) groups is 1. The number of pyridine rings is 1. The van der Waals surface area contributed by atoms with E-state index in [0.717, 1.165) is 16.5 Å². The number of nitrogens with zero attached hydrogens (tertiary/aromatic N) is 2. The number of anilines is 1. The van der Waals surface area contributed by atoms with Crippen molar-refractivity contribution in [3.05, 3.63) is 36.7 Å². The molecule has 0 fully saturated rings. The average Bonchev–Trinajstić information content (AvgIpc) is 2.38. The predicted octanol–water partition coefficient (Wildman–Crippen LogP) is 2.72. The number of benzene rings is 1. The van der Waals surface area contributed by atoms with Gasteiger partial charge in [0.1, 0.15) is 0 Å². The normalized spacial score (nSPS) is 10.2.